The lowest BCUT2D eigenvalue weighted by Crippen LogP contribution is -2.29. The average molecular weight is 237 g/mol. The number of anilines is 2. The molecule has 2 aliphatic rings. The standard InChI is InChI=1S/C11H19N5O/c12-10-14-11(13-7-5-6-7)15-16(10)8-3-1-2-4-9(8)17/h7-9,17H,1-6H2,(H3,12,13,14,15). The molecule has 0 aliphatic heterocycles. The number of nitrogens with zero attached hydrogens (tertiary/aromatic N) is 3. The first-order chi connectivity index (χ1) is 8.24. The third kappa shape index (κ3) is 2.22. The third-order valence-electron chi connectivity index (χ3n) is 3.58. The highest BCUT2D eigenvalue weighted by molar-refractivity contribution is 5.34. The maximum Gasteiger partial charge on any atom is 0.244 e. The van der Waals surface area contributed by atoms with Crippen molar-refractivity contribution in [2.24, 2.45) is 0 Å². The molecule has 0 aromatic carbocycles. The lowest BCUT2D eigenvalue weighted by molar-refractivity contribution is 0.0706. The topological polar surface area (TPSA) is 89.0 Å². The van der Waals surface area contributed by atoms with Gasteiger partial charge in [-0.05, 0) is 25.7 Å². The highest BCUT2D eigenvalue weighted by Gasteiger charge is 2.29. The van der Waals surface area contributed by atoms with Crippen LogP contribution in [0, 0.1) is 0 Å². The summed E-state index contributed by atoms with van der Waals surface area (Å²) in [5, 5.41) is 17.6. The summed E-state index contributed by atoms with van der Waals surface area (Å²) >= 11 is 0. The number of nitrogens with one attached hydrogen (secondary N) is 1. The van der Waals surface area contributed by atoms with Crippen molar-refractivity contribution in [1.29, 1.82) is 0 Å². The summed E-state index contributed by atoms with van der Waals surface area (Å²) in [5.74, 6) is 1.00. The van der Waals surface area contributed by atoms with Crippen LogP contribution in [-0.4, -0.2) is 32.0 Å². The predicted molar refractivity (Wildman–Crippen MR) is 64.6 cm³/mol. The fourth-order valence-corrected chi connectivity index (χ4v) is 2.43. The predicted octanol–water partition coefficient (Wildman–Crippen LogP) is 0.911. The van der Waals surface area contributed by atoms with E-state index >= 15 is 0 Å². The van der Waals surface area contributed by atoms with E-state index in [4.69, 9.17) is 5.73 Å². The second kappa shape index (κ2) is 4.18. The van der Waals surface area contributed by atoms with Crippen molar-refractivity contribution < 1.29 is 5.11 Å². The van der Waals surface area contributed by atoms with Crippen LogP contribution < -0.4 is 11.1 Å². The highest BCUT2D eigenvalue weighted by atomic mass is 16.3. The van der Waals surface area contributed by atoms with Crippen LogP contribution in [0.25, 0.3) is 0 Å². The third-order valence-corrected chi connectivity index (χ3v) is 3.58. The first-order valence-electron chi connectivity index (χ1n) is 6.40. The fraction of sp³-hybridized carbons (Fsp3) is 0.818. The van der Waals surface area contributed by atoms with Gasteiger partial charge in [0.1, 0.15) is 0 Å². The minimum Gasteiger partial charge on any atom is -0.391 e. The largest absolute Gasteiger partial charge is 0.391 e. The summed E-state index contributed by atoms with van der Waals surface area (Å²) < 4.78 is 1.69. The molecular weight excluding hydrogens is 218 g/mol. The number of nitrogens with two attached hydrogens (primary N) is 1. The summed E-state index contributed by atoms with van der Waals surface area (Å²) in [6, 6.07) is 0.507. The molecule has 0 bridgehead atoms. The lowest BCUT2D eigenvalue weighted by atomic mass is 9.93. The number of aromatic nitrogens is 3. The van der Waals surface area contributed by atoms with Crippen LogP contribution in [0.1, 0.15) is 44.6 Å². The molecule has 6 heteroatoms. The molecule has 4 N–H and O–H groups in total. The first kappa shape index (κ1) is 10.8. The Bertz CT molecular complexity index is 401. The molecule has 2 aliphatic carbocycles. The molecule has 0 radical (unpaired) electrons. The van der Waals surface area contributed by atoms with Crippen molar-refractivity contribution in [2.75, 3.05) is 11.1 Å². The molecule has 1 heterocycles. The molecule has 0 saturated heterocycles. The molecule has 0 amide bonds. The monoisotopic (exact) mass is 237 g/mol. The number of rotatable bonds is 3. The Balaban J connectivity index is 1.78. The van der Waals surface area contributed by atoms with Crippen molar-refractivity contribution in [1.82, 2.24) is 14.8 Å². The summed E-state index contributed by atoms with van der Waals surface area (Å²) in [4.78, 5) is 4.21. The van der Waals surface area contributed by atoms with Crippen LogP contribution in [0.4, 0.5) is 11.9 Å². The first-order valence-corrected chi connectivity index (χ1v) is 6.40. The van der Waals surface area contributed by atoms with E-state index in [1.54, 1.807) is 4.68 Å². The zero-order valence-corrected chi connectivity index (χ0v) is 9.84. The lowest BCUT2D eigenvalue weighted by Gasteiger charge is -2.27. The summed E-state index contributed by atoms with van der Waals surface area (Å²) in [5.41, 5.74) is 5.87. The SMILES string of the molecule is Nc1nc(NC2CC2)nn1C1CCCCC1O. The van der Waals surface area contributed by atoms with Gasteiger partial charge in [0, 0.05) is 6.04 Å². The molecule has 6 nitrogen and oxygen atoms in total. The van der Waals surface area contributed by atoms with E-state index in [1.807, 2.05) is 0 Å². The van der Waals surface area contributed by atoms with Crippen molar-refractivity contribution >= 4 is 11.9 Å². The van der Waals surface area contributed by atoms with Crippen LogP contribution in [0.3, 0.4) is 0 Å². The van der Waals surface area contributed by atoms with E-state index in [9.17, 15) is 5.11 Å². The van der Waals surface area contributed by atoms with E-state index < -0.39 is 0 Å². The van der Waals surface area contributed by atoms with Gasteiger partial charge in [0.25, 0.3) is 0 Å². The Kier molecular flexibility index (Phi) is 2.66. The van der Waals surface area contributed by atoms with Crippen molar-refractivity contribution in [3.8, 4) is 0 Å². The van der Waals surface area contributed by atoms with Crippen LogP contribution in [0.5, 0.6) is 0 Å². The fourth-order valence-electron chi connectivity index (χ4n) is 2.43. The van der Waals surface area contributed by atoms with Gasteiger partial charge in [0.05, 0.1) is 12.1 Å². The van der Waals surface area contributed by atoms with Gasteiger partial charge in [-0.2, -0.15) is 4.98 Å². The Morgan fingerprint density at radius 1 is 1.24 bits per heavy atom. The maximum absolute atomic E-state index is 9.99. The minimum atomic E-state index is -0.346. The minimum absolute atomic E-state index is 0.00833. The Labute approximate surface area is 100 Å². The van der Waals surface area contributed by atoms with Crippen LogP contribution in [0.2, 0.25) is 0 Å². The van der Waals surface area contributed by atoms with E-state index in [1.165, 1.54) is 12.8 Å². The van der Waals surface area contributed by atoms with Gasteiger partial charge in [0.15, 0.2) is 0 Å². The molecule has 1 aromatic rings. The molecule has 1 aromatic heterocycles. The molecular formula is C11H19N5O. The molecule has 2 fully saturated rings. The Morgan fingerprint density at radius 3 is 2.71 bits per heavy atom. The Morgan fingerprint density at radius 2 is 2.00 bits per heavy atom. The molecule has 17 heavy (non-hydrogen) atoms. The zero-order chi connectivity index (χ0) is 11.8. The van der Waals surface area contributed by atoms with Gasteiger partial charge in [-0.15, -0.1) is 5.10 Å². The normalized spacial score (nSPS) is 29.2. The van der Waals surface area contributed by atoms with Gasteiger partial charge in [-0.3, -0.25) is 0 Å². The number of nitrogen functional groups attached to an aromatic ring is 1. The second-order valence-corrected chi connectivity index (χ2v) is 5.08. The molecule has 3 rings (SSSR count). The van der Waals surface area contributed by atoms with Gasteiger partial charge >= 0.3 is 0 Å². The van der Waals surface area contributed by atoms with Crippen LogP contribution in [-0.2, 0) is 0 Å². The summed E-state index contributed by atoms with van der Waals surface area (Å²) in [7, 11) is 0. The molecule has 2 unspecified atom stereocenters. The van der Waals surface area contributed by atoms with Gasteiger partial charge < -0.3 is 16.2 Å². The van der Waals surface area contributed by atoms with Crippen LogP contribution in [0.15, 0.2) is 0 Å². The average Bonchev–Trinajstić information content (AvgIpc) is 3.03. The van der Waals surface area contributed by atoms with Crippen molar-refractivity contribution in [2.45, 2.75) is 56.7 Å². The number of hydrogen-bond acceptors (Lipinski definition) is 5. The smallest absolute Gasteiger partial charge is 0.244 e. The van der Waals surface area contributed by atoms with E-state index in [-0.39, 0.29) is 12.1 Å². The molecule has 2 saturated carbocycles. The highest BCUT2D eigenvalue weighted by Crippen LogP contribution is 2.30. The number of aliphatic hydroxyl groups is 1. The van der Waals surface area contributed by atoms with Crippen molar-refractivity contribution in [3.63, 3.8) is 0 Å². The van der Waals surface area contributed by atoms with Gasteiger partial charge in [-0.1, -0.05) is 12.8 Å². The quantitative estimate of drug-likeness (QED) is 0.727. The Hall–Kier alpha value is -1.30. The van der Waals surface area contributed by atoms with Crippen molar-refractivity contribution in [3.05, 3.63) is 0 Å². The molecule has 94 valence electrons. The van der Waals surface area contributed by atoms with Crippen LogP contribution >= 0.6 is 0 Å². The van der Waals surface area contributed by atoms with Gasteiger partial charge in [-0.25, -0.2) is 4.68 Å². The van der Waals surface area contributed by atoms with E-state index in [0.29, 0.717) is 17.9 Å². The summed E-state index contributed by atoms with van der Waals surface area (Å²) in [6.45, 7) is 0. The number of hydrogen-bond donors (Lipinski definition) is 3. The summed E-state index contributed by atoms with van der Waals surface area (Å²) in [6.07, 6.45) is 5.97. The van der Waals surface area contributed by atoms with E-state index in [2.05, 4.69) is 15.4 Å². The molecule has 0 spiro atoms. The number of aliphatic hydroxyl groups excluding tert-OH is 1. The van der Waals surface area contributed by atoms with Gasteiger partial charge in [0.2, 0.25) is 11.9 Å². The zero-order valence-electron chi connectivity index (χ0n) is 9.84. The molecule has 2 atom stereocenters. The maximum atomic E-state index is 9.99. The van der Waals surface area contributed by atoms with E-state index in [0.717, 1.165) is 25.7 Å². The second-order valence-electron chi connectivity index (χ2n) is 5.08.